The highest BCUT2D eigenvalue weighted by atomic mass is 127. The molecule has 0 unspecified atom stereocenters. The number of carbonyl (C=O) groups excluding carboxylic acids is 2. The number of aldehydes is 1. The van der Waals surface area contributed by atoms with Crippen LogP contribution in [0, 0.1) is 0 Å². The van der Waals surface area contributed by atoms with Crippen molar-refractivity contribution >= 4 is 55.5 Å². The second kappa shape index (κ2) is 7.41. The fraction of sp³-hybridized carbons (Fsp3) is 0.667. The minimum absolute atomic E-state index is 0.162. The Balaban J connectivity index is 3.28. The van der Waals surface area contributed by atoms with E-state index in [0.717, 1.165) is 19.4 Å². The van der Waals surface area contributed by atoms with E-state index in [0.29, 0.717) is 12.8 Å². The second-order valence-electron chi connectivity index (χ2n) is 1.97. The Morgan fingerprint density at radius 2 is 2.09 bits per heavy atom. The van der Waals surface area contributed by atoms with E-state index >= 15 is 0 Å². The largest absolute Gasteiger partial charge is 0.303 e. The van der Waals surface area contributed by atoms with Gasteiger partial charge in [-0.05, 0) is 22.6 Å². The van der Waals surface area contributed by atoms with E-state index in [1.807, 2.05) is 3.11 Å². The van der Waals surface area contributed by atoms with Crippen molar-refractivity contribution in [3.8, 4) is 0 Å². The van der Waals surface area contributed by atoms with Gasteiger partial charge in [-0.15, -0.1) is 0 Å². The molecule has 64 valence electrons. The minimum atomic E-state index is 0.162. The average molecular weight is 381 g/mol. The summed E-state index contributed by atoms with van der Waals surface area (Å²) >= 11 is 3.89. The van der Waals surface area contributed by atoms with Gasteiger partial charge in [-0.1, -0.05) is 0 Å². The number of carbonyl (C=O) groups is 2. The molecule has 3 nitrogen and oxygen atoms in total. The van der Waals surface area contributed by atoms with Crippen LogP contribution in [0.15, 0.2) is 0 Å². The maximum absolute atomic E-state index is 10.5. The summed E-state index contributed by atoms with van der Waals surface area (Å²) in [4.78, 5) is 20.5. The lowest BCUT2D eigenvalue weighted by molar-refractivity contribution is -0.109. The first-order valence-electron chi connectivity index (χ1n) is 3.19. The van der Waals surface area contributed by atoms with E-state index in [2.05, 4.69) is 22.9 Å². The smallest absolute Gasteiger partial charge is 0.193 e. The van der Waals surface area contributed by atoms with Crippen molar-refractivity contribution in [2.24, 2.45) is 0 Å². The standard InChI is InChI=1S/C6H9I2NO2/c7-6(11)2-4-9(8)3-1-5-10/h5H,1-4H2. The Morgan fingerprint density at radius 1 is 1.45 bits per heavy atom. The molecule has 5 heteroatoms. The highest BCUT2D eigenvalue weighted by Gasteiger charge is 2.01. The molecule has 0 bridgehead atoms. The third kappa shape index (κ3) is 8.67. The maximum Gasteiger partial charge on any atom is 0.193 e. The topological polar surface area (TPSA) is 37.4 Å². The summed E-state index contributed by atoms with van der Waals surface area (Å²) in [6.07, 6.45) is 1.98. The molecule has 0 spiro atoms. The van der Waals surface area contributed by atoms with Crippen LogP contribution in [-0.2, 0) is 9.59 Å². The Hall–Kier alpha value is 0.760. The Kier molecular flexibility index (Phi) is 7.92. The predicted molar refractivity (Wildman–Crippen MR) is 59.9 cm³/mol. The molecule has 0 aromatic rings. The van der Waals surface area contributed by atoms with Crippen LogP contribution in [0.2, 0.25) is 0 Å². The lowest BCUT2D eigenvalue weighted by atomic mass is 10.4. The van der Waals surface area contributed by atoms with Crippen LogP contribution in [0.25, 0.3) is 0 Å². The van der Waals surface area contributed by atoms with Gasteiger partial charge in [-0.25, -0.2) is 3.11 Å². The van der Waals surface area contributed by atoms with Gasteiger partial charge < -0.3 is 4.79 Å². The lowest BCUT2D eigenvalue weighted by Crippen LogP contribution is -2.15. The molecule has 0 aliphatic heterocycles. The van der Waals surface area contributed by atoms with Crippen molar-refractivity contribution in [1.82, 2.24) is 3.11 Å². The van der Waals surface area contributed by atoms with Crippen LogP contribution in [0.4, 0.5) is 0 Å². The van der Waals surface area contributed by atoms with Gasteiger partial charge in [0.1, 0.15) is 6.29 Å². The third-order valence-corrected chi connectivity index (χ3v) is 2.54. The summed E-state index contributed by atoms with van der Waals surface area (Å²) in [6.45, 7) is 1.46. The number of halogens is 2. The molecule has 0 aromatic heterocycles. The lowest BCUT2D eigenvalue weighted by Gasteiger charge is -2.09. The molecule has 0 N–H and O–H groups in total. The SMILES string of the molecule is O=CCCN(I)CCC(=O)I. The first kappa shape index (κ1) is 11.8. The van der Waals surface area contributed by atoms with Gasteiger partial charge in [0.25, 0.3) is 0 Å². The molecule has 0 aliphatic rings. The van der Waals surface area contributed by atoms with Crippen LogP contribution < -0.4 is 0 Å². The first-order chi connectivity index (χ1) is 5.16. The second-order valence-corrected chi connectivity index (χ2v) is 4.54. The van der Waals surface area contributed by atoms with Crippen LogP contribution in [-0.4, -0.2) is 26.3 Å². The highest BCUT2D eigenvalue weighted by molar-refractivity contribution is 14.1. The summed E-state index contributed by atoms with van der Waals surface area (Å²) in [7, 11) is 0. The number of hydrogen-bond donors (Lipinski definition) is 0. The molecule has 0 amide bonds. The molecule has 0 saturated carbocycles. The van der Waals surface area contributed by atoms with Crippen LogP contribution in [0.1, 0.15) is 12.8 Å². The third-order valence-electron chi connectivity index (χ3n) is 1.04. The van der Waals surface area contributed by atoms with Gasteiger partial charge in [0.2, 0.25) is 0 Å². The van der Waals surface area contributed by atoms with Gasteiger partial charge in [-0.2, -0.15) is 0 Å². The maximum atomic E-state index is 10.5. The molecule has 0 radical (unpaired) electrons. The molecular weight excluding hydrogens is 372 g/mol. The van der Waals surface area contributed by atoms with E-state index < -0.39 is 0 Å². The number of hydrogen-bond acceptors (Lipinski definition) is 3. The highest BCUT2D eigenvalue weighted by Crippen LogP contribution is 2.03. The molecule has 0 saturated heterocycles. The molecule has 0 rings (SSSR count). The molecule has 11 heavy (non-hydrogen) atoms. The predicted octanol–water partition coefficient (Wildman–Crippen LogP) is 1.58. The van der Waals surface area contributed by atoms with Gasteiger partial charge in [0.15, 0.2) is 3.79 Å². The average Bonchev–Trinajstić information content (AvgIpc) is 1.97. The van der Waals surface area contributed by atoms with Crippen LogP contribution in [0.5, 0.6) is 0 Å². The molecule has 0 aromatic carbocycles. The summed E-state index contributed by atoms with van der Waals surface area (Å²) in [6, 6.07) is 0. The number of nitrogens with zero attached hydrogens (tertiary/aromatic N) is 1. The molecule has 0 aliphatic carbocycles. The Labute approximate surface area is 93.5 Å². The van der Waals surface area contributed by atoms with Crippen molar-refractivity contribution in [2.75, 3.05) is 13.1 Å². The molecular formula is C6H9I2NO2. The fourth-order valence-electron chi connectivity index (χ4n) is 0.514. The quantitative estimate of drug-likeness (QED) is 0.304. The van der Waals surface area contributed by atoms with Crippen molar-refractivity contribution in [1.29, 1.82) is 0 Å². The zero-order chi connectivity index (χ0) is 8.69. The molecule has 0 heterocycles. The summed E-state index contributed by atoms with van der Waals surface area (Å²) < 4.78 is 2.11. The first-order valence-corrected chi connectivity index (χ1v) is 5.24. The molecule has 0 atom stereocenters. The normalized spacial score (nSPS) is 10.1. The Bertz CT molecular complexity index is 141. The number of rotatable bonds is 6. The van der Waals surface area contributed by atoms with E-state index in [1.54, 1.807) is 22.6 Å². The van der Waals surface area contributed by atoms with Gasteiger partial charge in [0, 0.05) is 48.8 Å². The monoisotopic (exact) mass is 381 g/mol. The van der Waals surface area contributed by atoms with E-state index in [4.69, 9.17) is 0 Å². The fourth-order valence-corrected chi connectivity index (χ4v) is 1.27. The van der Waals surface area contributed by atoms with Crippen LogP contribution in [0.3, 0.4) is 0 Å². The van der Waals surface area contributed by atoms with Gasteiger partial charge in [-0.3, -0.25) is 4.79 Å². The van der Waals surface area contributed by atoms with Gasteiger partial charge >= 0.3 is 0 Å². The van der Waals surface area contributed by atoms with Crippen molar-refractivity contribution in [3.05, 3.63) is 0 Å². The zero-order valence-corrected chi connectivity index (χ0v) is 10.2. The van der Waals surface area contributed by atoms with E-state index in [1.165, 1.54) is 0 Å². The minimum Gasteiger partial charge on any atom is -0.303 e. The van der Waals surface area contributed by atoms with Crippen molar-refractivity contribution in [3.63, 3.8) is 0 Å². The summed E-state index contributed by atoms with van der Waals surface area (Å²) in [5.74, 6) is 0. The van der Waals surface area contributed by atoms with E-state index in [-0.39, 0.29) is 3.79 Å². The summed E-state index contributed by atoms with van der Waals surface area (Å²) in [5, 5.41) is 0. The van der Waals surface area contributed by atoms with Crippen molar-refractivity contribution in [2.45, 2.75) is 12.8 Å². The van der Waals surface area contributed by atoms with E-state index in [9.17, 15) is 9.59 Å². The van der Waals surface area contributed by atoms with Gasteiger partial charge in [0.05, 0.1) is 0 Å². The summed E-state index contributed by atoms with van der Waals surface area (Å²) in [5.41, 5.74) is 0. The Morgan fingerprint density at radius 3 is 2.55 bits per heavy atom. The van der Waals surface area contributed by atoms with Crippen molar-refractivity contribution < 1.29 is 9.59 Å². The van der Waals surface area contributed by atoms with Crippen LogP contribution >= 0.6 is 45.5 Å². The zero-order valence-electron chi connectivity index (χ0n) is 5.93. The molecule has 0 fully saturated rings.